The molecule has 0 radical (unpaired) electrons. The minimum atomic E-state index is -0.661. The lowest BCUT2D eigenvalue weighted by Crippen LogP contribution is -2.09. The first-order valence-electron chi connectivity index (χ1n) is 6.51. The van der Waals surface area contributed by atoms with Gasteiger partial charge in [-0.2, -0.15) is 0 Å². The van der Waals surface area contributed by atoms with Crippen molar-refractivity contribution in [3.8, 4) is 11.5 Å². The van der Waals surface area contributed by atoms with E-state index in [0.29, 0.717) is 10.2 Å². The Morgan fingerprint density at radius 3 is 2.57 bits per heavy atom. The highest BCUT2D eigenvalue weighted by Gasteiger charge is 2.19. The summed E-state index contributed by atoms with van der Waals surface area (Å²) in [5, 5.41) is 13.9. The summed E-state index contributed by atoms with van der Waals surface area (Å²) in [4.78, 5) is 15.7. The first-order chi connectivity index (χ1) is 10.9. The zero-order chi connectivity index (χ0) is 17.0. The molecule has 7 heteroatoms. The van der Waals surface area contributed by atoms with Crippen LogP contribution < -0.4 is 4.74 Å². The summed E-state index contributed by atoms with van der Waals surface area (Å²) in [6.45, 7) is 1.17. The molecule has 0 amide bonds. The zero-order valence-corrected chi connectivity index (χ0v) is 13.9. The number of carbonyl (C=O) groups is 1. The number of nitrogens with zero attached hydrogens (tertiary/aromatic N) is 1. The molecule has 0 aliphatic carbocycles. The largest absolute Gasteiger partial charge is 0.507 e. The summed E-state index contributed by atoms with van der Waals surface area (Å²) in [5.74, 6) is -1.03. The van der Waals surface area contributed by atoms with Gasteiger partial charge in [0, 0.05) is 24.1 Å². The molecule has 0 aliphatic rings. The van der Waals surface area contributed by atoms with Gasteiger partial charge in [0.2, 0.25) is 0 Å². The second kappa shape index (κ2) is 7.23. The van der Waals surface area contributed by atoms with Crippen molar-refractivity contribution in [2.24, 2.45) is 5.16 Å². The van der Waals surface area contributed by atoms with E-state index in [1.807, 2.05) is 0 Å². The van der Waals surface area contributed by atoms with E-state index in [0.717, 1.165) is 0 Å². The smallest absolute Gasteiger partial charge is 0.332 e. The molecule has 0 spiro atoms. The van der Waals surface area contributed by atoms with Gasteiger partial charge in [0.25, 0.3) is 0 Å². The van der Waals surface area contributed by atoms with E-state index in [4.69, 9.17) is 4.74 Å². The standard InChI is InChI=1S/C16H13BrFNO4/c1-9(20)23-19-16(10-5-3-4-6-13(10)18)11-7-12(17)15(22-2)8-14(11)21/h3-8,21H,1-2H3. The molecular formula is C16H13BrFNO4. The molecule has 2 rings (SSSR count). The van der Waals surface area contributed by atoms with Gasteiger partial charge in [0.15, 0.2) is 0 Å². The average Bonchev–Trinajstić information content (AvgIpc) is 2.51. The van der Waals surface area contributed by atoms with E-state index in [9.17, 15) is 14.3 Å². The zero-order valence-electron chi connectivity index (χ0n) is 12.3. The van der Waals surface area contributed by atoms with Gasteiger partial charge in [0.1, 0.15) is 23.0 Å². The third-order valence-corrected chi connectivity index (χ3v) is 3.54. The number of halogens is 2. The van der Waals surface area contributed by atoms with Gasteiger partial charge in [-0.15, -0.1) is 0 Å². The van der Waals surface area contributed by atoms with E-state index in [-0.39, 0.29) is 22.6 Å². The predicted molar refractivity (Wildman–Crippen MR) is 86.2 cm³/mol. The molecule has 0 atom stereocenters. The molecule has 0 bridgehead atoms. The summed E-state index contributed by atoms with van der Waals surface area (Å²) in [6.07, 6.45) is 0. The Hall–Kier alpha value is -2.41. The minimum absolute atomic E-state index is 0.0147. The van der Waals surface area contributed by atoms with Crippen LogP contribution in [-0.2, 0) is 9.63 Å². The molecule has 1 N–H and O–H groups in total. The second-order valence-electron chi connectivity index (χ2n) is 4.51. The van der Waals surface area contributed by atoms with Gasteiger partial charge >= 0.3 is 5.97 Å². The predicted octanol–water partition coefficient (Wildman–Crippen LogP) is 3.62. The van der Waals surface area contributed by atoms with E-state index >= 15 is 0 Å². The summed E-state index contributed by atoms with van der Waals surface area (Å²) >= 11 is 3.29. The minimum Gasteiger partial charge on any atom is -0.507 e. The van der Waals surface area contributed by atoms with Crippen LogP contribution in [0, 0.1) is 5.82 Å². The SMILES string of the molecule is COc1cc(O)c(C(=NOC(C)=O)c2ccccc2F)cc1Br. The van der Waals surface area contributed by atoms with Crippen LogP contribution in [-0.4, -0.2) is 23.9 Å². The molecule has 0 saturated carbocycles. The molecule has 0 fully saturated rings. The normalized spacial score (nSPS) is 11.2. The Kier molecular flexibility index (Phi) is 5.33. The van der Waals surface area contributed by atoms with Crippen LogP contribution in [0.5, 0.6) is 11.5 Å². The first kappa shape index (κ1) is 17.0. The number of hydrogen-bond acceptors (Lipinski definition) is 5. The van der Waals surface area contributed by atoms with E-state index < -0.39 is 11.8 Å². The molecule has 0 heterocycles. The highest BCUT2D eigenvalue weighted by atomic mass is 79.9. The number of rotatable bonds is 4. The van der Waals surface area contributed by atoms with Crippen LogP contribution in [0.2, 0.25) is 0 Å². The Morgan fingerprint density at radius 1 is 1.26 bits per heavy atom. The molecule has 2 aromatic rings. The Bertz CT molecular complexity index is 777. The second-order valence-corrected chi connectivity index (χ2v) is 5.36. The average molecular weight is 382 g/mol. The van der Waals surface area contributed by atoms with Gasteiger partial charge in [-0.3, -0.25) is 0 Å². The van der Waals surface area contributed by atoms with Gasteiger partial charge in [-0.25, -0.2) is 9.18 Å². The molecule has 5 nitrogen and oxygen atoms in total. The van der Waals surface area contributed by atoms with Gasteiger partial charge < -0.3 is 14.7 Å². The fourth-order valence-electron chi connectivity index (χ4n) is 1.90. The highest BCUT2D eigenvalue weighted by molar-refractivity contribution is 9.10. The Balaban J connectivity index is 2.64. The monoisotopic (exact) mass is 381 g/mol. The lowest BCUT2D eigenvalue weighted by molar-refractivity contribution is -0.140. The van der Waals surface area contributed by atoms with Crippen molar-refractivity contribution in [2.75, 3.05) is 7.11 Å². The van der Waals surface area contributed by atoms with Crippen LogP contribution >= 0.6 is 15.9 Å². The fourth-order valence-corrected chi connectivity index (χ4v) is 2.40. The van der Waals surface area contributed by atoms with Crippen molar-refractivity contribution < 1.29 is 23.9 Å². The van der Waals surface area contributed by atoms with Crippen LogP contribution in [0.3, 0.4) is 0 Å². The fraction of sp³-hybridized carbons (Fsp3) is 0.125. The molecule has 0 aliphatic heterocycles. The Labute approximate surface area is 140 Å². The summed E-state index contributed by atoms with van der Waals surface area (Å²) in [6, 6.07) is 8.69. The molecule has 2 aromatic carbocycles. The summed E-state index contributed by atoms with van der Waals surface area (Å²) < 4.78 is 19.7. The van der Waals surface area contributed by atoms with Crippen molar-refractivity contribution >= 4 is 27.6 Å². The molecule has 0 unspecified atom stereocenters. The molecular weight excluding hydrogens is 369 g/mol. The third-order valence-electron chi connectivity index (χ3n) is 2.92. The van der Waals surface area contributed by atoms with E-state index in [1.54, 1.807) is 6.07 Å². The van der Waals surface area contributed by atoms with Crippen molar-refractivity contribution in [3.63, 3.8) is 0 Å². The van der Waals surface area contributed by atoms with Crippen molar-refractivity contribution in [1.82, 2.24) is 0 Å². The number of oxime groups is 1. The number of methoxy groups -OCH3 is 1. The topological polar surface area (TPSA) is 68.1 Å². The van der Waals surface area contributed by atoms with E-state index in [2.05, 4.69) is 25.9 Å². The maximum atomic E-state index is 14.1. The van der Waals surface area contributed by atoms with Crippen LogP contribution in [0.25, 0.3) is 0 Å². The highest BCUT2D eigenvalue weighted by Crippen LogP contribution is 2.34. The first-order valence-corrected chi connectivity index (χ1v) is 7.30. The maximum Gasteiger partial charge on any atom is 0.332 e. The van der Waals surface area contributed by atoms with Gasteiger partial charge in [0.05, 0.1) is 11.6 Å². The summed E-state index contributed by atoms with van der Waals surface area (Å²) in [5.41, 5.74) is 0.254. The Morgan fingerprint density at radius 2 is 1.96 bits per heavy atom. The number of aromatic hydroxyl groups is 1. The number of ether oxygens (including phenoxy) is 1. The van der Waals surface area contributed by atoms with E-state index in [1.165, 1.54) is 44.4 Å². The lowest BCUT2D eigenvalue weighted by Gasteiger charge is -2.12. The van der Waals surface area contributed by atoms with Gasteiger partial charge in [-0.05, 0) is 34.1 Å². The third kappa shape index (κ3) is 3.87. The quantitative estimate of drug-likeness (QED) is 0.498. The molecule has 23 heavy (non-hydrogen) atoms. The van der Waals surface area contributed by atoms with Crippen LogP contribution in [0.4, 0.5) is 4.39 Å². The molecule has 0 saturated heterocycles. The summed E-state index contributed by atoms with van der Waals surface area (Å²) in [7, 11) is 1.45. The molecule has 120 valence electrons. The lowest BCUT2D eigenvalue weighted by atomic mass is 10.0. The van der Waals surface area contributed by atoms with Gasteiger partial charge in [-0.1, -0.05) is 17.3 Å². The van der Waals surface area contributed by atoms with Crippen molar-refractivity contribution in [1.29, 1.82) is 0 Å². The number of benzene rings is 2. The number of phenols is 1. The van der Waals surface area contributed by atoms with Crippen molar-refractivity contribution in [3.05, 3.63) is 57.8 Å². The number of carbonyl (C=O) groups excluding carboxylic acids is 1. The number of phenolic OH excluding ortho intramolecular Hbond substituents is 1. The van der Waals surface area contributed by atoms with Crippen LogP contribution in [0.1, 0.15) is 18.1 Å². The maximum absolute atomic E-state index is 14.1. The molecule has 0 aromatic heterocycles. The van der Waals surface area contributed by atoms with Crippen molar-refractivity contribution in [2.45, 2.75) is 6.92 Å². The number of hydrogen-bond donors (Lipinski definition) is 1. The van der Waals surface area contributed by atoms with Crippen LogP contribution in [0.15, 0.2) is 46.0 Å².